The Morgan fingerprint density at radius 2 is 2.32 bits per heavy atom. The van der Waals surface area contributed by atoms with E-state index in [2.05, 4.69) is 9.97 Å². The molecule has 1 aromatic rings. The lowest BCUT2D eigenvalue weighted by molar-refractivity contribution is 0.0645. The van der Waals surface area contributed by atoms with Gasteiger partial charge in [0, 0.05) is 32.9 Å². The van der Waals surface area contributed by atoms with Crippen molar-refractivity contribution in [1.29, 1.82) is 5.26 Å². The van der Waals surface area contributed by atoms with E-state index in [1.54, 1.807) is 6.07 Å². The summed E-state index contributed by atoms with van der Waals surface area (Å²) < 4.78 is 5.33. The molecule has 1 aliphatic rings. The van der Waals surface area contributed by atoms with Crippen molar-refractivity contribution in [3.05, 3.63) is 22.2 Å². The van der Waals surface area contributed by atoms with Crippen molar-refractivity contribution in [2.24, 2.45) is 5.92 Å². The van der Waals surface area contributed by atoms with Gasteiger partial charge in [-0.2, -0.15) is 10.2 Å². The highest BCUT2D eigenvalue weighted by molar-refractivity contribution is 5.40. The van der Waals surface area contributed by atoms with E-state index in [1.165, 1.54) is 0 Å². The number of aromatic amines is 1. The van der Waals surface area contributed by atoms with Crippen LogP contribution in [0.25, 0.3) is 0 Å². The van der Waals surface area contributed by atoms with Gasteiger partial charge in [-0.25, -0.2) is 4.79 Å². The molecule has 2 rings (SSSR count). The summed E-state index contributed by atoms with van der Waals surface area (Å²) in [7, 11) is 1.89. The van der Waals surface area contributed by atoms with Crippen molar-refractivity contribution < 1.29 is 4.74 Å². The van der Waals surface area contributed by atoms with Crippen LogP contribution in [0.4, 0.5) is 5.82 Å². The second-order valence-corrected chi connectivity index (χ2v) is 4.84. The maximum Gasteiger partial charge on any atom is 0.347 e. The number of ether oxygens (including phenoxy) is 1. The second-order valence-electron chi connectivity index (χ2n) is 4.84. The van der Waals surface area contributed by atoms with Gasteiger partial charge in [-0.15, -0.1) is 0 Å². The molecule has 1 aromatic heterocycles. The Morgan fingerprint density at radius 1 is 1.58 bits per heavy atom. The van der Waals surface area contributed by atoms with E-state index in [1.807, 2.05) is 18.0 Å². The van der Waals surface area contributed by atoms with Crippen LogP contribution >= 0.6 is 0 Å². The third kappa shape index (κ3) is 3.80. The molecule has 1 aliphatic heterocycles. The lowest BCUT2D eigenvalue weighted by Gasteiger charge is -2.25. The highest BCUT2D eigenvalue weighted by Crippen LogP contribution is 2.19. The molecule has 19 heavy (non-hydrogen) atoms. The fraction of sp³-hybridized carbons (Fsp3) is 0.615. The van der Waals surface area contributed by atoms with Crippen molar-refractivity contribution in [1.82, 2.24) is 9.97 Å². The van der Waals surface area contributed by atoms with Crippen molar-refractivity contribution in [3.63, 3.8) is 0 Å². The maximum absolute atomic E-state index is 11.3. The minimum atomic E-state index is -0.480. The van der Waals surface area contributed by atoms with Crippen molar-refractivity contribution in [2.45, 2.75) is 19.3 Å². The zero-order valence-electron chi connectivity index (χ0n) is 11.1. The first kappa shape index (κ1) is 13.6. The molecule has 1 saturated heterocycles. The molecule has 0 radical (unpaired) electrons. The van der Waals surface area contributed by atoms with Gasteiger partial charge < -0.3 is 9.64 Å². The fourth-order valence-corrected chi connectivity index (χ4v) is 2.23. The van der Waals surface area contributed by atoms with Crippen LogP contribution in [0.2, 0.25) is 0 Å². The normalized spacial score (nSPS) is 16.0. The van der Waals surface area contributed by atoms with Gasteiger partial charge in [0.25, 0.3) is 0 Å². The molecular weight excluding hydrogens is 244 g/mol. The van der Waals surface area contributed by atoms with E-state index in [9.17, 15) is 4.79 Å². The zero-order chi connectivity index (χ0) is 13.7. The molecular formula is C13H18N4O2. The van der Waals surface area contributed by atoms with Crippen molar-refractivity contribution >= 4 is 5.82 Å². The van der Waals surface area contributed by atoms with Crippen LogP contribution in [0.15, 0.2) is 10.9 Å². The molecule has 6 nitrogen and oxygen atoms in total. The average Bonchev–Trinajstić information content (AvgIpc) is 2.45. The first-order valence-electron chi connectivity index (χ1n) is 6.49. The molecule has 102 valence electrons. The van der Waals surface area contributed by atoms with Crippen LogP contribution in [0.1, 0.15) is 25.0 Å². The summed E-state index contributed by atoms with van der Waals surface area (Å²) in [6, 6.07) is 3.53. The van der Waals surface area contributed by atoms with Gasteiger partial charge in [-0.1, -0.05) is 0 Å². The number of nitrogens with zero attached hydrogens (tertiary/aromatic N) is 3. The summed E-state index contributed by atoms with van der Waals surface area (Å²) in [5.74, 6) is 1.22. The van der Waals surface area contributed by atoms with Crippen LogP contribution in [0.5, 0.6) is 0 Å². The third-order valence-electron chi connectivity index (χ3n) is 3.46. The number of nitriles is 1. The Bertz CT molecular complexity index is 514. The zero-order valence-corrected chi connectivity index (χ0v) is 11.1. The number of anilines is 1. The summed E-state index contributed by atoms with van der Waals surface area (Å²) in [6.45, 7) is 2.51. The van der Waals surface area contributed by atoms with E-state index in [-0.39, 0.29) is 5.69 Å². The molecule has 0 bridgehead atoms. The van der Waals surface area contributed by atoms with E-state index < -0.39 is 5.69 Å². The Morgan fingerprint density at radius 3 is 3.00 bits per heavy atom. The van der Waals surface area contributed by atoms with E-state index in [4.69, 9.17) is 10.00 Å². The quantitative estimate of drug-likeness (QED) is 0.871. The second kappa shape index (κ2) is 6.34. The van der Waals surface area contributed by atoms with Gasteiger partial charge >= 0.3 is 5.69 Å². The monoisotopic (exact) mass is 262 g/mol. The Balaban J connectivity index is 1.95. The molecule has 0 spiro atoms. The van der Waals surface area contributed by atoms with Crippen LogP contribution in [0, 0.1) is 17.2 Å². The molecule has 0 aromatic carbocycles. The SMILES string of the molecule is CN(CCC1CCOCC1)c1cc(C#N)[nH]c(=O)n1. The van der Waals surface area contributed by atoms with E-state index in [0.717, 1.165) is 39.0 Å². The van der Waals surface area contributed by atoms with Crippen molar-refractivity contribution in [2.75, 3.05) is 31.7 Å². The summed E-state index contributed by atoms with van der Waals surface area (Å²) in [5.41, 5.74) is -0.236. The van der Waals surface area contributed by atoms with Gasteiger partial charge in [0.1, 0.15) is 17.6 Å². The minimum Gasteiger partial charge on any atom is -0.381 e. The van der Waals surface area contributed by atoms with Crippen LogP contribution in [-0.2, 0) is 4.74 Å². The average molecular weight is 262 g/mol. The number of H-pyrrole nitrogens is 1. The summed E-state index contributed by atoms with van der Waals surface area (Å²) in [5, 5.41) is 8.82. The molecule has 1 fully saturated rings. The molecule has 0 aliphatic carbocycles. The predicted octanol–water partition coefficient (Wildman–Crippen LogP) is 0.894. The summed E-state index contributed by atoms with van der Waals surface area (Å²) >= 11 is 0. The molecule has 6 heteroatoms. The Kier molecular flexibility index (Phi) is 4.53. The third-order valence-corrected chi connectivity index (χ3v) is 3.46. The molecule has 2 heterocycles. The van der Waals surface area contributed by atoms with Gasteiger partial charge in [0.2, 0.25) is 0 Å². The van der Waals surface area contributed by atoms with E-state index in [0.29, 0.717) is 11.7 Å². The van der Waals surface area contributed by atoms with E-state index >= 15 is 0 Å². The van der Waals surface area contributed by atoms with Crippen molar-refractivity contribution in [3.8, 4) is 6.07 Å². The van der Waals surface area contributed by atoms with Gasteiger partial charge in [0.05, 0.1) is 0 Å². The largest absolute Gasteiger partial charge is 0.381 e. The smallest absolute Gasteiger partial charge is 0.347 e. The molecule has 0 unspecified atom stereocenters. The highest BCUT2D eigenvalue weighted by atomic mass is 16.5. The molecule has 1 N–H and O–H groups in total. The minimum absolute atomic E-state index is 0.243. The number of nitrogens with one attached hydrogen (secondary N) is 1. The standard InChI is InChI=1S/C13H18N4O2/c1-17(5-2-10-3-6-19-7-4-10)12-8-11(9-14)15-13(18)16-12/h8,10H,2-7H2,1H3,(H,15,16,18). The molecule has 0 amide bonds. The highest BCUT2D eigenvalue weighted by Gasteiger charge is 2.15. The number of aromatic nitrogens is 2. The summed E-state index contributed by atoms with van der Waals surface area (Å²) in [4.78, 5) is 19.5. The fourth-order valence-electron chi connectivity index (χ4n) is 2.23. The maximum atomic E-state index is 11.3. The Hall–Kier alpha value is -1.87. The Labute approximate surface area is 112 Å². The molecule has 0 saturated carbocycles. The van der Waals surface area contributed by atoms with Crippen LogP contribution in [0.3, 0.4) is 0 Å². The topological polar surface area (TPSA) is 82.0 Å². The number of hydrogen-bond acceptors (Lipinski definition) is 5. The van der Waals surface area contributed by atoms with Gasteiger partial charge in [-0.3, -0.25) is 4.98 Å². The predicted molar refractivity (Wildman–Crippen MR) is 71.0 cm³/mol. The van der Waals surface area contributed by atoms with Crippen LogP contribution in [-0.4, -0.2) is 36.8 Å². The number of rotatable bonds is 4. The van der Waals surface area contributed by atoms with Gasteiger partial charge in [-0.05, 0) is 25.2 Å². The first-order valence-corrected chi connectivity index (χ1v) is 6.49. The lowest BCUT2D eigenvalue weighted by atomic mass is 9.96. The molecule has 0 atom stereocenters. The van der Waals surface area contributed by atoms with Gasteiger partial charge in [0.15, 0.2) is 0 Å². The van der Waals surface area contributed by atoms with Crippen LogP contribution < -0.4 is 10.6 Å². The first-order chi connectivity index (χ1) is 9.19. The summed E-state index contributed by atoms with van der Waals surface area (Å²) in [6.07, 6.45) is 3.25. The lowest BCUT2D eigenvalue weighted by Crippen LogP contribution is -2.27. The number of hydrogen-bond donors (Lipinski definition) is 1.